The van der Waals surface area contributed by atoms with Crippen LogP contribution in [0.1, 0.15) is 35.3 Å². The van der Waals surface area contributed by atoms with Crippen LogP contribution in [0.5, 0.6) is 17.2 Å². The molecule has 2 aromatic carbocycles. The minimum Gasteiger partial charge on any atom is -0.508 e. The number of aromatic hydroxyl groups is 2. The number of rotatable bonds is 7. The van der Waals surface area contributed by atoms with Gasteiger partial charge < -0.3 is 20.1 Å². The zero-order valence-electron chi connectivity index (χ0n) is 15.2. The number of Topliss-reactive ketones (excluding diaryl/α,β-unsaturated/α-hetero) is 1. The maximum absolute atomic E-state index is 12.6. The quantitative estimate of drug-likeness (QED) is 0.523. The van der Waals surface area contributed by atoms with Gasteiger partial charge in [-0.2, -0.15) is 0 Å². The molecular weight excluding hydrogens is 332 g/mol. The number of hydrogen-bond acceptors (Lipinski definition) is 5. The molecule has 0 spiro atoms. The Kier molecular flexibility index (Phi) is 6.41. The Morgan fingerprint density at radius 2 is 1.77 bits per heavy atom. The number of ketones is 1. The Morgan fingerprint density at radius 1 is 1.12 bits per heavy atom. The molecule has 0 amide bonds. The van der Waals surface area contributed by atoms with Gasteiger partial charge in [0.2, 0.25) is 0 Å². The van der Waals surface area contributed by atoms with Crippen LogP contribution in [-0.4, -0.2) is 34.3 Å². The fourth-order valence-corrected chi connectivity index (χ4v) is 2.64. The third kappa shape index (κ3) is 4.64. The van der Waals surface area contributed by atoms with Crippen LogP contribution >= 0.6 is 0 Å². The van der Waals surface area contributed by atoms with Gasteiger partial charge >= 0.3 is 0 Å². The monoisotopic (exact) mass is 356 g/mol. The fourth-order valence-electron chi connectivity index (χ4n) is 2.64. The van der Waals surface area contributed by atoms with Gasteiger partial charge in [0.25, 0.3) is 0 Å². The van der Waals surface area contributed by atoms with Crippen LogP contribution in [0.4, 0.5) is 0 Å². The molecule has 138 valence electrons. The molecule has 3 N–H and O–H groups in total. The second kappa shape index (κ2) is 8.54. The van der Waals surface area contributed by atoms with Crippen molar-refractivity contribution in [3.05, 3.63) is 64.7 Å². The second-order valence-corrected chi connectivity index (χ2v) is 6.38. The fraction of sp³-hybridized carbons (Fsp3) is 0.286. The van der Waals surface area contributed by atoms with Gasteiger partial charge in [0.05, 0.1) is 12.7 Å². The largest absolute Gasteiger partial charge is 0.508 e. The van der Waals surface area contributed by atoms with Gasteiger partial charge in [-0.1, -0.05) is 23.8 Å². The lowest BCUT2D eigenvalue weighted by atomic mass is 9.96. The van der Waals surface area contributed by atoms with Crippen molar-refractivity contribution in [3.8, 4) is 17.2 Å². The number of aliphatic hydroxyl groups is 1. The number of ether oxygens (including phenoxy) is 1. The van der Waals surface area contributed by atoms with Crippen molar-refractivity contribution in [2.75, 3.05) is 7.11 Å². The predicted molar refractivity (Wildman–Crippen MR) is 99.9 cm³/mol. The van der Waals surface area contributed by atoms with Crippen molar-refractivity contribution in [2.24, 2.45) is 0 Å². The van der Waals surface area contributed by atoms with E-state index in [2.05, 4.69) is 0 Å². The number of phenols is 2. The topological polar surface area (TPSA) is 87.0 Å². The van der Waals surface area contributed by atoms with E-state index in [0.29, 0.717) is 23.3 Å². The normalized spacial score (nSPS) is 11.7. The smallest absolute Gasteiger partial charge is 0.195 e. The number of aliphatic hydroxyl groups excluding tert-OH is 1. The van der Waals surface area contributed by atoms with Crippen LogP contribution < -0.4 is 4.74 Å². The van der Waals surface area contributed by atoms with E-state index in [4.69, 9.17) is 4.74 Å². The summed E-state index contributed by atoms with van der Waals surface area (Å²) < 4.78 is 5.27. The summed E-state index contributed by atoms with van der Waals surface area (Å²) >= 11 is 0. The zero-order chi connectivity index (χ0) is 19.3. The standard InChI is InChI=1S/C21H24O5/c1-13(2)4-9-16-19(26-3)11-10-17(20(16)24)21(25)18(23)12-14-5-7-15(22)8-6-14/h4-8,10-11,18,22-24H,9,12H2,1-3H3. The zero-order valence-corrected chi connectivity index (χ0v) is 15.2. The van der Waals surface area contributed by atoms with Crippen LogP contribution in [0, 0.1) is 0 Å². The first kappa shape index (κ1) is 19.5. The number of allylic oxidation sites excluding steroid dienone is 2. The van der Waals surface area contributed by atoms with Crippen molar-refractivity contribution in [1.29, 1.82) is 0 Å². The van der Waals surface area contributed by atoms with Gasteiger partial charge in [-0.15, -0.1) is 0 Å². The average molecular weight is 356 g/mol. The number of carbonyl (C=O) groups is 1. The van der Waals surface area contributed by atoms with Crippen LogP contribution in [0.2, 0.25) is 0 Å². The molecule has 26 heavy (non-hydrogen) atoms. The highest BCUT2D eigenvalue weighted by Gasteiger charge is 2.23. The number of carbonyl (C=O) groups excluding carboxylic acids is 1. The van der Waals surface area contributed by atoms with E-state index >= 15 is 0 Å². The summed E-state index contributed by atoms with van der Waals surface area (Å²) in [4.78, 5) is 12.6. The van der Waals surface area contributed by atoms with Gasteiger partial charge in [-0.3, -0.25) is 4.79 Å². The first-order chi connectivity index (χ1) is 12.3. The lowest BCUT2D eigenvalue weighted by molar-refractivity contribution is 0.0745. The van der Waals surface area contributed by atoms with Gasteiger partial charge in [0.1, 0.15) is 23.4 Å². The van der Waals surface area contributed by atoms with E-state index < -0.39 is 11.9 Å². The molecule has 0 bridgehead atoms. The number of methoxy groups -OCH3 is 1. The Labute approximate surface area is 153 Å². The summed E-state index contributed by atoms with van der Waals surface area (Å²) in [5.41, 5.74) is 2.36. The molecule has 0 aromatic heterocycles. The molecule has 0 radical (unpaired) electrons. The average Bonchev–Trinajstić information content (AvgIpc) is 2.61. The Balaban J connectivity index is 2.28. The third-order valence-corrected chi connectivity index (χ3v) is 4.11. The molecule has 2 rings (SSSR count). The predicted octanol–water partition coefficient (Wildman–Crippen LogP) is 3.40. The van der Waals surface area contributed by atoms with Crippen molar-refractivity contribution in [1.82, 2.24) is 0 Å². The highest BCUT2D eigenvalue weighted by Crippen LogP contribution is 2.33. The molecule has 1 atom stereocenters. The molecule has 0 saturated carbocycles. The molecule has 0 aliphatic heterocycles. The van der Waals surface area contributed by atoms with Crippen LogP contribution in [-0.2, 0) is 12.8 Å². The Hall–Kier alpha value is -2.79. The van der Waals surface area contributed by atoms with Crippen molar-refractivity contribution >= 4 is 5.78 Å². The van der Waals surface area contributed by atoms with Crippen molar-refractivity contribution in [3.63, 3.8) is 0 Å². The molecule has 5 nitrogen and oxygen atoms in total. The van der Waals surface area contributed by atoms with Crippen molar-refractivity contribution < 1.29 is 24.9 Å². The van der Waals surface area contributed by atoms with Crippen LogP contribution in [0.15, 0.2) is 48.0 Å². The Morgan fingerprint density at radius 3 is 2.35 bits per heavy atom. The van der Waals surface area contributed by atoms with Crippen molar-refractivity contribution in [2.45, 2.75) is 32.8 Å². The first-order valence-electron chi connectivity index (χ1n) is 8.35. The molecule has 0 aliphatic rings. The number of hydrogen-bond donors (Lipinski definition) is 3. The summed E-state index contributed by atoms with van der Waals surface area (Å²) in [5, 5.41) is 30.2. The van der Waals surface area contributed by atoms with E-state index in [1.165, 1.54) is 25.3 Å². The van der Waals surface area contributed by atoms with E-state index in [-0.39, 0.29) is 23.5 Å². The highest BCUT2D eigenvalue weighted by molar-refractivity contribution is 6.02. The minimum absolute atomic E-state index is 0.0641. The van der Waals surface area contributed by atoms with Gasteiger partial charge in [0.15, 0.2) is 5.78 Å². The maximum Gasteiger partial charge on any atom is 0.195 e. The lowest BCUT2D eigenvalue weighted by Crippen LogP contribution is -2.23. The lowest BCUT2D eigenvalue weighted by Gasteiger charge is -2.15. The number of phenolic OH excluding ortho intramolecular Hbond substituents is 2. The highest BCUT2D eigenvalue weighted by atomic mass is 16.5. The molecule has 0 aliphatic carbocycles. The molecular formula is C21H24O5. The SMILES string of the molecule is COc1ccc(C(=O)C(O)Cc2ccc(O)cc2)c(O)c1CC=C(C)C. The second-order valence-electron chi connectivity index (χ2n) is 6.38. The molecule has 5 heteroatoms. The molecule has 0 heterocycles. The van der Waals surface area contributed by atoms with Gasteiger partial charge in [-0.05, 0) is 50.1 Å². The maximum atomic E-state index is 12.6. The van der Waals surface area contributed by atoms with E-state index in [1.54, 1.807) is 18.2 Å². The van der Waals surface area contributed by atoms with E-state index in [9.17, 15) is 20.1 Å². The first-order valence-corrected chi connectivity index (χ1v) is 8.35. The summed E-state index contributed by atoms with van der Waals surface area (Å²) in [6.45, 7) is 3.89. The van der Waals surface area contributed by atoms with Gasteiger partial charge in [0, 0.05) is 12.0 Å². The summed E-state index contributed by atoms with van der Waals surface area (Å²) in [6.07, 6.45) is 1.15. The summed E-state index contributed by atoms with van der Waals surface area (Å²) in [5.74, 6) is -0.121. The van der Waals surface area contributed by atoms with E-state index in [1.807, 2.05) is 19.9 Å². The number of benzene rings is 2. The molecule has 0 saturated heterocycles. The third-order valence-electron chi connectivity index (χ3n) is 4.11. The van der Waals surface area contributed by atoms with Crippen LogP contribution in [0.25, 0.3) is 0 Å². The molecule has 1 unspecified atom stereocenters. The molecule has 0 fully saturated rings. The summed E-state index contributed by atoms with van der Waals surface area (Å²) in [7, 11) is 1.50. The Bertz CT molecular complexity index is 802. The summed E-state index contributed by atoms with van der Waals surface area (Å²) in [6, 6.07) is 9.35. The van der Waals surface area contributed by atoms with E-state index in [0.717, 1.165) is 5.57 Å². The molecule has 2 aromatic rings. The van der Waals surface area contributed by atoms with Gasteiger partial charge in [-0.25, -0.2) is 0 Å². The van der Waals surface area contributed by atoms with Crippen LogP contribution in [0.3, 0.4) is 0 Å². The minimum atomic E-state index is -1.30.